The van der Waals surface area contributed by atoms with Gasteiger partial charge >= 0.3 is 0 Å². The Morgan fingerprint density at radius 2 is 1.50 bits per heavy atom. The highest BCUT2D eigenvalue weighted by molar-refractivity contribution is 4.97. The van der Waals surface area contributed by atoms with Crippen molar-refractivity contribution in [3.63, 3.8) is 0 Å². The molecule has 0 unspecified atom stereocenters. The summed E-state index contributed by atoms with van der Waals surface area (Å²) in [5.74, 6) is 1.13. The van der Waals surface area contributed by atoms with Crippen LogP contribution in [0.1, 0.15) is 83.3 Å². The summed E-state index contributed by atoms with van der Waals surface area (Å²) >= 11 is 0. The minimum absolute atomic E-state index is 1.09. The second kappa shape index (κ2) is 14.7. The molecule has 0 fully saturated rings. The SMILES string of the molecule is CCCCC/C=C/C/C=C/CCCCCCCc1ccco1. The summed E-state index contributed by atoms with van der Waals surface area (Å²) < 4.78 is 5.34. The third-order valence-electron chi connectivity index (χ3n) is 3.95. The van der Waals surface area contributed by atoms with Crippen LogP contribution in [0.3, 0.4) is 0 Å². The number of hydrogen-bond donors (Lipinski definition) is 0. The van der Waals surface area contributed by atoms with Crippen LogP contribution in [0.25, 0.3) is 0 Å². The summed E-state index contributed by atoms with van der Waals surface area (Å²) in [7, 11) is 0. The molecule has 0 amide bonds. The number of rotatable bonds is 14. The first kappa shape index (κ1) is 18.8. The Bertz CT molecular complexity index is 373. The van der Waals surface area contributed by atoms with Gasteiger partial charge in [-0.15, -0.1) is 0 Å². The minimum Gasteiger partial charge on any atom is -0.469 e. The molecule has 0 N–H and O–H groups in total. The topological polar surface area (TPSA) is 13.1 Å². The number of allylic oxidation sites excluding steroid dienone is 4. The molecule has 1 heterocycles. The van der Waals surface area contributed by atoms with Gasteiger partial charge in [-0.05, 0) is 50.7 Å². The van der Waals surface area contributed by atoms with E-state index in [9.17, 15) is 0 Å². The monoisotopic (exact) mass is 302 g/mol. The summed E-state index contributed by atoms with van der Waals surface area (Å²) in [4.78, 5) is 0. The fourth-order valence-corrected chi connectivity index (χ4v) is 2.57. The number of unbranched alkanes of at least 4 members (excludes halogenated alkanes) is 8. The highest BCUT2D eigenvalue weighted by atomic mass is 16.3. The molecule has 22 heavy (non-hydrogen) atoms. The number of aryl methyl sites for hydroxylation is 1. The van der Waals surface area contributed by atoms with Crippen molar-refractivity contribution in [1.29, 1.82) is 0 Å². The van der Waals surface area contributed by atoms with Crippen LogP contribution >= 0.6 is 0 Å². The van der Waals surface area contributed by atoms with Crippen molar-refractivity contribution < 1.29 is 4.42 Å². The largest absolute Gasteiger partial charge is 0.469 e. The van der Waals surface area contributed by atoms with Gasteiger partial charge in [0.2, 0.25) is 0 Å². The molecule has 0 aliphatic heterocycles. The molecule has 1 rings (SSSR count). The van der Waals surface area contributed by atoms with Gasteiger partial charge in [-0.25, -0.2) is 0 Å². The van der Waals surface area contributed by atoms with Crippen LogP contribution in [-0.2, 0) is 6.42 Å². The molecule has 1 nitrogen and oxygen atoms in total. The highest BCUT2D eigenvalue weighted by Crippen LogP contribution is 2.10. The van der Waals surface area contributed by atoms with Gasteiger partial charge in [0, 0.05) is 6.42 Å². The van der Waals surface area contributed by atoms with Gasteiger partial charge in [0.1, 0.15) is 5.76 Å². The second-order valence-electron chi connectivity index (χ2n) is 6.06. The maximum atomic E-state index is 5.34. The average Bonchev–Trinajstić information content (AvgIpc) is 3.04. The Morgan fingerprint density at radius 1 is 0.818 bits per heavy atom. The van der Waals surface area contributed by atoms with Gasteiger partial charge < -0.3 is 4.42 Å². The third kappa shape index (κ3) is 11.4. The fraction of sp³-hybridized carbons (Fsp3) is 0.619. The van der Waals surface area contributed by atoms with Crippen LogP contribution in [-0.4, -0.2) is 0 Å². The van der Waals surface area contributed by atoms with Gasteiger partial charge in [-0.2, -0.15) is 0 Å². The molecule has 0 saturated heterocycles. The predicted octanol–water partition coefficient (Wildman–Crippen LogP) is 7.25. The van der Waals surface area contributed by atoms with E-state index >= 15 is 0 Å². The van der Waals surface area contributed by atoms with Crippen LogP contribution in [0.5, 0.6) is 0 Å². The lowest BCUT2D eigenvalue weighted by Crippen LogP contribution is -1.83. The standard InChI is InChI=1S/C21H34O/c1-2-3-4-5-6-7-8-9-10-11-12-13-14-15-16-18-21-19-17-20-22-21/h6-7,9-10,17,19-20H,2-5,8,11-16,18H2,1H3/b7-6+,10-9+. The molecule has 0 aliphatic carbocycles. The summed E-state index contributed by atoms with van der Waals surface area (Å²) in [6, 6.07) is 4.05. The van der Waals surface area contributed by atoms with E-state index in [0.717, 1.165) is 18.6 Å². The Balaban J connectivity index is 1.79. The van der Waals surface area contributed by atoms with Crippen molar-refractivity contribution in [2.75, 3.05) is 0 Å². The molecule has 0 saturated carbocycles. The lowest BCUT2D eigenvalue weighted by molar-refractivity contribution is 0.492. The van der Waals surface area contributed by atoms with Crippen molar-refractivity contribution in [2.45, 2.75) is 84.0 Å². The van der Waals surface area contributed by atoms with Crippen LogP contribution in [0.2, 0.25) is 0 Å². The van der Waals surface area contributed by atoms with Gasteiger partial charge in [0.15, 0.2) is 0 Å². The third-order valence-corrected chi connectivity index (χ3v) is 3.95. The molecule has 1 aromatic rings. The van der Waals surface area contributed by atoms with Crippen LogP contribution in [0.4, 0.5) is 0 Å². The van der Waals surface area contributed by atoms with Gasteiger partial charge in [0.25, 0.3) is 0 Å². The van der Waals surface area contributed by atoms with Crippen molar-refractivity contribution in [1.82, 2.24) is 0 Å². The van der Waals surface area contributed by atoms with E-state index < -0.39 is 0 Å². The van der Waals surface area contributed by atoms with Gasteiger partial charge in [0.05, 0.1) is 6.26 Å². The molecule has 0 spiro atoms. The first-order valence-electron chi connectivity index (χ1n) is 9.26. The smallest absolute Gasteiger partial charge is 0.103 e. The van der Waals surface area contributed by atoms with E-state index in [-0.39, 0.29) is 0 Å². The van der Waals surface area contributed by atoms with Crippen molar-refractivity contribution in [3.05, 3.63) is 48.5 Å². The maximum absolute atomic E-state index is 5.34. The Kier molecular flexibility index (Phi) is 12.6. The Morgan fingerprint density at radius 3 is 2.18 bits per heavy atom. The summed E-state index contributed by atoms with van der Waals surface area (Å²) in [6.45, 7) is 2.26. The van der Waals surface area contributed by atoms with Crippen LogP contribution in [0, 0.1) is 0 Å². The van der Waals surface area contributed by atoms with E-state index in [2.05, 4.69) is 37.3 Å². The molecule has 0 bridgehead atoms. The molecule has 1 aromatic heterocycles. The summed E-state index contributed by atoms with van der Waals surface area (Å²) in [5, 5.41) is 0. The molecule has 0 radical (unpaired) electrons. The van der Waals surface area contributed by atoms with Crippen molar-refractivity contribution in [2.24, 2.45) is 0 Å². The van der Waals surface area contributed by atoms with E-state index in [1.165, 1.54) is 64.2 Å². The summed E-state index contributed by atoms with van der Waals surface area (Å²) in [5.41, 5.74) is 0. The van der Waals surface area contributed by atoms with Gasteiger partial charge in [-0.3, -0.25) is 0 Å². The van der Waals surface area contributed by atoms with Crippen molar-refractivity contribution >= 4 is 0 Å². The molecule has 1 heteroatoms. The number of hydrogen-bond acceptors (Lipinski definition) is 1. The Hall–Kier alpha value is -1.24. The molecule has 124 valence electrons. The fourth-order valence-electron chi connectivity index (χ4n) is 2.57. The van der Waals surface area contributed by atoms with E-state index in [1.54, 1.807) is 6.26 Å². The van der Waals surface area contributed by atoms with E-state index in [4.69, 9.17) is 4.42 Å². The van der Waals surface area contributed by atoms with E-state index in [1.807, 2.05) is 6.07 Å². The number of furan rings is 1. The zero-order chi connectivity index (χ0) is 15.7. The average molecular weight is 303 g/mol. The lowest BCUT2D eigenvalue weighted by Gasteiger charge is -1.99. The quantitative estimate of drug-likeness (QED) is 0.260. The molecule has 0 aromatic carbocycles. The van der Waals surface area contributed by atoms with Gasteiger partial charge in [-0.1, -0.05) is 63.3 Å². The van der Waals surface area contributed by atoms with E-state index in [0.29, 0.717) is 0 Å². The normalized spacial score (nSPS) is 11.9. The Labute approximate surface area is 137 Å². The second-order valence-corrected chi connectivity index (χ2v) is 6.06. The molecular formula is C21H34O. The zero-order valence-corrected chi connectivity index (χ0v) is 14.4. The van der Waals surface area contributed by atoms with Crippen LogP contribution < -0.4 is 0 Å². The first-order valence-corrected chi connectivity index (χ1v) is 9.26. The zero-order valence-electron chi connectivity index (χ0n) is 14.4. The summed E-state index contributed by atoms with van der Waals surface area (Å²) in [6.07, 6.45) is 26.4. The maximum Gasteiger partial charge on any atom is 0.103 e. The highest BCUT2D eigenvalue weighted by Gasteiger charge is 1.95. The molecule has 0 atom stereocenters. The minimum atomic E-state index is 1.09. The molecule has 0 aliphatic rings. The lowest BCUT2D eigenvalue weighted by atomic mass is 10.1. The van der Waals surface area contributed by atoms with Crippen molar-refractivity contribution in [3.8, 4) is 0 Å². The predicted molar refractivity (Wildman–Crippen MR) is 97.2 cm³/mol. The van der Waals surface area contributed by atoms with Crippen LogP contribution in [0.15, 0.2) is 47.1 Å². The first-order chi connectivity index (χ1) is 10.9. The molecular weight excluding hydrogens is 268 g/mol.